The van der Waals surface area contributed by atoms with Crippen LogP contribution in [-0.4, -0.2) is 51.6 Å². The van der Waals surface area contributed by atoms with Crippen molar-refractivity contribution in [3.8, 4) is 0 Å². The molecule has 0 spiro atoms. The maximum atomic E-state index is 12.1. The molecule has 1 amide bonds. The molecule has 0 atom stereocenters. The molecule has 0 unspecified atom stereocenters. The van der Waals surface area contributed by atoms with Crippen LogP contribution in [0.15, 0.2) is 0 Å². The van der Waals surface area contributed by atoms with E-state index in [-0.39, 0.29) is 22.5 Å². The molecule has 1 aliphatic rings. The Morgan fingerprint density at radius 3 is 2.72 bits per heavy atom. The lowest BCUT2D eigenvalue weighted by atomic mass is 10.0. The van der Waals surface area contributed by atoms with Crippen molar-refractivity contribution in [3.63, 3.8) is 0 Å². The second-order valence-corrected chi connectivity index (χ2v) is 7.24. The number of imidazole rings is 1. The molecule has 1 fully saturated rings. The van der Waals surface area contributed by atoms with E-state index in [0.29, 0.717) is 28.9 Å². The fraction of sp³-hybridized carbons (Fsp3) is 0.467. The first-order valence-electron chi connectivity index (χ1n) is 7.87. The number of rotatable bonds is 6. The number of aromatic carboxylic acids is 1. The number of aromatic amines is 1. The molecule has 0 saturated carbocycles. The van der Waals surface area contributed by atoms with Gasteiger partial charge in [0.25, 0.3) is 5.91 Å². The Morgan fingerprint density at radius 2 is 2.16 bits per heavy atom. The molecule has 2 aromatic heterocycles. The lowest BCUT2D eigenvalue weighted by molar-refractivity contribution is 0.0701. The van der Waals surface area contributed by atoms with Crippen molar-refractivity contribution in [1.29, 1.82) is 0 Å². The van der Waals surface area contributed by atoms with Crippen LogP contribution >= 0.6 is 22.9 Å². The summed E-state index contributed by atoms with van der Waals surface area (Å²) < 4.78 is 0. The van der Waals surface area contributed by atoms with Gasteiger partial charge in [-0.1, -0.05) is 29.9 Å². The molecule has 3 rings (SSSR count). The van der Waals surface area contributed by atoms with Gasteiger partial charge >= 0.3 is 5.97 Å². The van der Waals surface area contributed by atoms with Gasteiger partial charge in [0, 0.05) is 25.6 Å². The maximum Gasteiger partial charge on any atom is 0.347 e. The minimum Gasteiger partial charge on any atom is -0.477 e. The number of nitrogens with zero attached hydrogens (tertiary/aromatic N) is 3. The van der Waals surface area contributed by atoms with Crippen molar-refractivity contribution in [2.75, 3.05) is 24.5 Å². The minimum atomic E-state index is -0.950. The average Bonchev–Trinajstić information content (AvgIpc) is 3.08. The molecular formula is C15H18ClN5O3S. The Kier molecular flexibility index (Phi) is 4.96. The normalized spacial score (nSPS) is 14.4. The number of anilines is 1. The minimum absolute atomic E-state index is 0.222. The summed E-state index contributed by atoms with van der Waals surface area (Å²) in [4.78, 5) is 36.7. The molecule has 1 aliphatic heterocycles. The van der Waals surface area contributed by atoms with Crippen LogP contribution in [0.1, 0.15) is 38.6 Å². The summed E-state index contributed by atoms with van der Waals surface area (Å²) >= 11 is 7.12. The SMILES string of the molecule is CCc1[nH]c(C(=O)NCC2CN(c3nc(C)c(C(=O)O)s3)C2)nc1Cl. The number of carboxylic acid groups (broad SMARTS) is 1. The van der Waals surface area contributed by atoms with Crippen molar-refractivity contribution >= 4 is 39.9 Å². The molecule has 0 aliphatic carbocycles. The van der Waals surface area contributed by atoms with Crippen LogP contribution in [0.5, 0.6) is 0 Å². The van der Waals surface area contributed by atoms with Gasteiger partial charge in [-0.3, -0.25) is 4.79 Å². The Bertz CT molecular complexity index is 812. The molecule has 0 radical (unpaired) electrons. The molecule has 0 aromatic carbocycles. The lowest BCUT2D eigenvalue weighted by Crippen LogP contribution is -2.51. The highest BCUT2D eigenvalue weighted by Crippen LogP contribution is 2.31. The van der Waals surface area contributed by atoms with E-state index < -0.39 is 5.97 Å². The van der Waals surface area contributed by atoms with Gasteiger partial charge in [0.05, 0.1) is 11.4 Å². The molecule has 3 N–H and O–H groups in total. The number of carbonyl (C=O) groups is 2. The molecular weight excluding hydrogens is 366 g/mol. The quantitative estimate of drug-likeness (QED) is 0.703. The Morgan fingerprint density at radius 1 is 1.44 bits per heavy atom. The summed E-state index contributed by atoms with van der Waals surface area (Å²) in [6.45, 7) is 5.60. The summed E-state index contributed by atoms with van der Waals surface area (Å²) in [6, 6.07) is 0. The molecule has 2 aromatic rings. The number of thiazole rings is 1. The monoisotopic (exact) mass is 383 g/mol. The number of halogens is 1. The van der Waals surface area contributed by atoms with Gasteiger partial charge in [-0.2, -0.15) is 0 Å². The van der Waals surface area contributed by atoms with Gasteiger partial charge in [0.1, 0.15) is 4.88 Å². The Hall–Kier alpha value is -2.13. The molecule has 8 nitrogen and oxygen atoms in total. The molecule has 25 heavy (non-hydrogen) atoms. The average molecular weight is 384 g/mol. The van der Waals surface area contributed by atoms with E-state index in [2.05, 4.69) is 20.3 Å². The number of carbonyl (C=O) groups excluding carboxylic acids is 1. The van der Waals surface area contributed by atoms with E-state index in [1.165, 1.54) is 11.3 Å². The second-order valence-electron chi connectivity index (χ2n) is 5.91. The third-order valence-corrected chi connectivity index (χ3v) is 5.57. The fourth-order valence-corrected chi connectivity index (χ4v) is 3.81. The number of H-pyrrole nitrogens is 1. The highest BCUT2D eigenvalue weighted by atomic mass is 35.5. The van der Waals surface area contributed by atoms with Crippen molar-refractivity contribution in [2.24, 2.45) is 5.92 Å². The van der Waals surface area contributed by atoms with Gasteiger partial charge in [-0.05, 0) is 13.3 Å². The summed E-state index contributed by atoms with van der Waals surface area (Å²) in [5.74, 6) is -0.718. The zero-order valence-corrected chi connectivity index (χ0v) is 15.4. The Balaban J connectivity index is 1.49. The van der Waals surface area contributed by atoms with Crippen LogP contribution < -0.4 is 10.2 Å². The zero-order chi connectivity index (χ0) is 18.1. The van der Waals surface area contributed by atoms with Crippen molar-refractivity contribution < 1.29 is 14.7 Å². The summed E-state index contributed by atoms with van der Waals surface area (Å²) in [7, 11) is 0. The first kappa shape index (κ1) is 17.7. The number of nitrogens with one attached hydrogen (secondary N) is 2. The number of amides is 1. The fourth-order valence-electron chi connectivity index (χ4n) is 2.62. The van der Waals surface area contributed by atoms with Gasteiger partial charge in [-0.15, -0.1) is 0 Å². The van der Waals surface area contributed by atoms with E-state index in [9.17, 15) is 9.59 Å². The van der Waals surface area contributed by atoms with Crippen LogP contribution in [0.3, 0.4) is 0 Å². The van der Waals surface area contributed by atoms with E-state index in [4.69, 9.17) is 16.7 Å². The number of aryl methyl sites for hydroxylation is 2. The number of hydrogen-bond donors (Lipinski definition) is 3. The topological polar surface area (TPSA) is 111 Å². The molecule has 0 bridgehead atoms. The first-order valence-corrected chi connectivity index (χ1v) is 9.06. The molecule has 134 valence electrons. The van der Waals surface area contributed by atoms with E-state index >= 15 is 0 Å². The second kappa shape index (κ2) is 7.01. The third-order valence-electron chi connectivity index (χ3n) is 4.06. The predicted octanol–water partition coefficient (Wildman–Crippen LogP) is 1.95. The van der Waals surface area contributed by atoms with Crippen LogP contribution in [0.4, 0.5) is 5.13 Å². The van der Waals surface area contributed by atoms with Crippen molar-refractivity contribution in [3.05, 3.63) is 27.2 Å². The van der Waals surface area contributed by atoms with Gasteiger partial charge in [0.15, 0.2) is 16.1 Å². The van der Waals surface area contributed by atoms with Gasteiger partial charge < -0.3 is 20.3 Å². The van der Waals surface area contributed by atoms with Crippen LogP contribution in [-0.2, 0) is 6.42 Å². The summed E-state index contributed by atoms with van der Waals surface area (Å²) in [5.41, 5.74) is 1.28. The third kappa shape index (κ3) is 3.62. The zero-order valence-electron chi connectivity index (χ0n) is 13.8. The van der Waals surface area contributed by atoms with Gasteiger partial charge in [-0.25, -0.2) is 14.8 Å². The van der Waals surface area contributed by atoms with Crippen molar-refractivity contribution in [1.82, 2.24) is 20.3 Å². The largest absolute Gasteiger partial charge is 0.477 e. The van der Waals surface area contributed by atoms with Crippen molar-refractivity contribution in [2.45, 2.75) is 20.3 Å². The standard InChI is InChI=1S/C15H18ClN5O3S/c1-3-9-11(16)20-12(19-9)13(22)17-4-8-5-21(6-8)15-18-7(2)10(25-15)14(23)24/h8H,3-6H2,1-2H3,(H,17,22)(H,19,20)(H,23,24). The first-order chi connectivity index (χ1) is 11.9. The molecule has 3 heterocycles. The highest BCUT2D eigenvalue weighted by Gasteiger charge is 2.30. The number of hydrogen-bond acceptors (Lipinski definition) is 6. The molecule has 10 heteroatoms. The maximum absolute atomic E-state index is 12.1. The van der Waals surface area contributed by atoms with Crippen LogP contribution in [0, 0.1) is 12.8 Å². The van der Waals surface area contributed by atoms with E-state index in [1.807, 2.05) is 11.8 Å². The Labute approximate surface area is 153 Å². The highest BCUT2D eigenvalue weighted by molar-refractivity contribution is 7.17. The summed E-state index contributed by atoms with van der Waals surface area (Å²) in [6.07, 6.45) is 0.683. The van der Waals surface area contributed by atoms with Crippen LogP contribution in [0.2, 0.25) is 5.15 Å². The van der Waals surface area contributed by atoms with E-state index in [0.717, 1.165) is 18.8 Å². The lowest BCUT2D eigenvalue weighted by Gasteiger charge is -2.39. The summed E-state index contributed by atoms with van der Waals surface area (Å²) in [5, 5.41) is 13.0. The predicted molar refractivity (Wildman–Crippen MR) is 94.8 cm³/mol. The number of aromatic nitrogens is 3. The number of carboxylic acids is 1. The smallest absolute Gasteiger partial charge is 0.347 e. The van der Waals surface area contributed by atoms with Crippen LogP contribution in [0.25, 0.3) is 0 Å². The molecule has 1 saturated heterocycles. The van der Waals surface area contributed by atoms with E-state index in [1.54, 1.807) is 6.92 Å². The van der Waals surface area contributed by atoms with Gasteiger partial charge in [0.2, 0.25) is 0 Å².